The summed E-state index contributed by atoms with van der Waals surface area (Å²) in [4.78, 5) is 0. The normalized spacial score (nSPS) is 18.7. The van der Waals surface area contributed by atoms with Gasteiger partial charge >= 0.3 is 0 Å². The molecule has 0 saturated carbocycles. The maximum atomic E-state index is 5.79. The molecular formula is C22H24O2. The molecule has 0 aliphatic carbocycles. The SMILES string of the molecule is C=CC1=C(C(/C=C\COC)=C/C)C(=C)C(c2ccccc2)C=CO1. The lowest BCUT2D eigenvalue weighted by Crippen LogP contribution is -2.04. The Morgan fingerprint density at radius 1 is 1.29 bits per heavy atom. The molecule has 2 rings (SSSR count). The van der Waals surface area contributed by atoms with Gasteiger partial charge in [0.1, 0.15) is 5.76 Å². The Balaban J connectivity index is 2.47. The molecule has 1 aromatic rings. The molecule has 0 aromatic heterocycles. The van der Waals surface area contributed by atoms with Crippen molar-refractivity contribution in [2.75, 3.05) is 13.7 Å². The van der Waals surface area contributed by atoms with Gasteiger partial charge in [-0.05, 0) is 35.8 Å². The van der Waals surface area contributed by atoms with Crippen molar-refractivity contribution in [2.24, 2.45) is 0 Å². The van der Waals surface area contributed by atoms with Gasteiger partial charge in [-0.1, -0.05) is 61.7 Å². The maximum absolute atomic E-state index is 5.79. The monoisotopic (exact) mass is 320 g/mol. The second-order valence-corrected chi connectivity index (χ2v) is 5.41. The maximum Gasteiger partial charge on any atom is 0.134 e. The molecule has 0 amide bonds. The molecule has 1 aliphatic heterocycles. The summed E-state index contributed by atoms with van der Waals surface area (Å²) >= 11 is 0. The summed E-state index contributed by atoms with van der Waals surface area (Å²) in [5, 5.41) is 0. The third kappa shape index (κ3) is 4.03. The minimum absolute atomic E-state index is 0.0597. The van der Waals surface area contributed by atoms with E-state index in [4.69, 9.17) is 9.47 Å². The van der Waals surface area contributed by atoms with Gasteiger partial charge in [0.05, 0.1) is 12.9 Å². The fourth-order valence-electron chi connectivity index (χ4n) is 2.73. The van der Waals surface area contributed by atoms with Gasteiger partial charge in [0, 0.05) is 18.6 Å². The fraction of sp³-hybridized carbons (Fsp3) is 0.182. The first kappa shape index (κ1) is 17.8. The highest BCUT2D eigenvalue weighted by Crippen LogP contribution is 2.38. The van der Waals surface area contributed by atoms with Crippen LogP contribution in [0.4, 0.5) is 0 Å². The van der Waals surface area contributed by atoms with E-state index in [1.54, 1.807) is 19.4 Å². The number of methoxy groups -OCH3 is 1. The zero-order valence-corrected chi connectivity index (χ0v) is 14.4. The molecule has 1 heterocycles. The first-order valence-electron chi connectivity index (χ1n) is 7.99. The largest absolute Gasteiger partial charge is 0.465 e. The molecule has 0 bridgehead atoms. The van der Waals surface area contributed by atoms with Crippen molar-refractivity contribution in [1.29, 1.82) is 0 Å². The fourth-order valence-corrected chi connectivity index (χ4v) is 2.73. The van der Waals surface area contributed by atoms with E-state index in [0.717, 1.165) is 16.7 Å². The molecule has 1 aliphatic rings. The number of ether oxygens (including phenoxy) is 2. The summed E-state index contributed by atoms with van der Waals surface area (Å²) in [6.45, 7) is 10.8. The Kier molecular flexibility index (Phi) is 6.59. The van der Waals surface area contributed by atoms with Crippen LogP contribution < -0.4 is 0 Å². The molecule has 1 aromatic carbocycles. The van der Waals surface area contributed by atoms with Gasteiger partial charge in [0.15, 0.2) is 0 Å². The lowest BCUT2D eigenvalue weighted by Gasteiger charge is -2.19. The molecule has 0 spiro atoms. The van der Waals surface area contributed by atoms with E-state index in [0.29, 0.717) is 12.4 Å². The van der Waals surface area contributed by atoms with Crippen molar-refractivity contribution in [3.05, 3.63) is 108 Å². The summed E-state index contributed by atoms with van der Waals surface area (Å²) in [6.07, 6.45) is 11.5. The smallest absolute Gasteiger partial charge is 0.134 e. The number of allylic oxidation sites excluding steroid dienone is 7. The molecular weight excluding hydrogens is 296 g/mol. The predicted octanol–water partition coefficient (Wildman–Crippen LogP) is 5.46. The van der Waals surface area contributed by atoms with Crippen molar-refractivity contribution >= 4 is 0 Å². The van der Waals surface area contributed by atoms with Crippen LogP contribution in [0.5, 0.6) is 0 Å². The highest BCUT2D eigenvalue weighted by atomic mass is 16.5. The van der Waals surface area contributed by atoms with Crippen molar-refractivity contribution in [2.45, 2.75) is 12.8 Å². The van der Waals surface area contributed by atoms with E-state index in [1.807, 2.05) is 49.4 Å². The average Bonchev–Trinajstić information content (AvgIpc) is 2.78. The van der Waals surface area contributed by atoms with Crippen LogP contribution in [-0.4, -0.2) is 13.7 Å². The topological polar surface area (TPSA) is 18.5 Å². The first-order chi connectivity index (χ1) is 11.7. The van der Waals surface area contributed by atoms with Crippen molar-refractivity contribution in [3.63, 3.8) is 0 Å². The quantitative estimate of drug-likeness (QED) is 0.648. The molecule has 2 heteroatoms. The van der Waals surface area contributed by atoms with Gasteiger partial charge in [-0.15, -0.1) is 0 Å². The molecule has 0 N–H and O–H groups in total. The zero-order chi connectivity index (χ0) is 17.4. The van der Waals surface area contributed by atoms with E-state index in [-0.39, 0.29) is 5.92 Å². The number of rotatable bonds is 6. The summed E-state index contributed by atoms with van der Waals surface area (Å²) in [5.41, 5.74) is 4.18. The molecule has 0 fully saturated rings. The van der Waals surface area contributed by atoms with Crippen molar-refractivity contribution in [1.82, 2.24) is 0 Å². The lowest BCUT2D eigenvalue weighted by atomic mass is 9.84. The summed E-state index contributed by atoms with van der Waals surface area (Å²) in [7, 11) is 1.68. The van der Waals surface area contributed by atoms with Crippen LogP contribution >= 0.6 is 0 Å². The second kappa shape index (κ2) is 8.90. The van der Waals surface area contributed by atoms with Crippen LogP contribution in [0.25, 0.3) is 0 Å². The van der Waals surface area contributed by atoms with Gasteiger partial charge in [-0.3, -0.25) is 0 Å². The minimum atomic E-state index is 0.0597. The third-order valence-corrected chi connectivity index (χ3v) is 3.91. The summed E-state index contributed by atoms with van der Waals surface area (Å²) in [6, 6.07) is 10.3. The Labute approximate surface area is 144 Å². The standard InChI is InChI=1S/C22H24O2/c1-5-18(13-10-15-23-4)22-17(3)20(14-16-24-21(22)6-2)19-11-8-7-9-12-19/h5-14,16,20H,2-3,15H2,1,4H3/b13-10-,18-5+. The average molecular weight is 320 g/mol. The van der Waals surface area contributed by atoms with Crippen molar-refractivity contribution < 1.29 is 9.47 Å². The highest BCUT2D eigenvalue weighted by molar-refractivity contribution is 5.59. The van der Waals surface area contributed by atoms with E-state index in [2.05, 4.69) is 25.3 Å². The zero-order valence-electron chi connectivity index (χ0n) is 14.4. The number of benzene rings is 1. The third-order valence-electron chi connectivity index (χ3n) is 3.91. The summed E-state index contributed by atoms with van der Waals surface area (Å²) in [5.74, 6) is 0.772. The summed E-state index contributed by atoms with van der Waals surface area (Å²) < 4.78 is 10.9. The molecule has 24 heavy (non-hydrogen) atoms. The molecule has 124 valence electrons. The van der Waals surface area contributed by atoms with Crippen LogP contribution in [0, 0.1) is 0 Å². The van der Waals surface area contributed by atoms with Crippen LogP contribution in [0.3, 0.4) is 0 Å². The van der Waals surface area contributed by atoms with Gasteiger partial charge in [0.2, 0.25) is 0 Å². The van der Waals surface area contributed by atoms with Crippen LogP contribution in [0.1, 0.15) is 18.4 Å². The van der Waals surface area contributed by atoms with E-state index in [1.165, 1.54) is 5.56 Å². The predicted molar refractivity (Wildman–Crippen MR) is 101 cm³/mol. The van der Waals surface area contributed by atoms with Gasteiger partial charge in [-0.25, -0.2) is 0 Å². The Bertz CT molecular complexity index is 703. The Morgan fingerprint density at radius 3 is 2.67 bits per heavy atom. The van der Waals surface area contributed by atoms with Gasteiger partial charge in [-0.2, -0.15) is 0 Å². The molecule has 0 saturated heterocycles. The molecule has 1 atom stereocenters. The molecule has 1 unspecified atom stereocenters. The number of hydrogen-bond acceptors (Lipinski definition) is 2. The lowest BCUT2D eigenvalue weighted by molar-refractivity contribution is 0.234. The first-order valence-corrected chi connectivity index (χ1v) is 7.99. The van der Waals surface area contributed by atoms with Crippen LogP contribution in [-0.2, 0) is 9.47 Å². The highest BCUT2D eigenvalue weighted by Gasteiger charge is 2.22. The van der Waals surface area contributed by atoms with E-state index < -0.39 is 0 Å². The number of hydrogen-bond donors (Lipinski definition) is 0. The molecule has 2 nitrogen and oxygen atoms in total. The van der Waals surface area contributed by atoms with Crippen LogP contribution in [0.2, 0.25) is 0 Å². The molecule has 0 radical (unpaired) electrons. The minimum Gasteiger partial charge on any atom is -0.465 e. The Morgan fingerprint density at radius 2 is 2.04 bits per heavy atom. The van der Waals surface area contributed by atoms with Gasteiger partial charge in [0.25, 0.3) is 0 Å². The second-order valence-electron chi connectivity index (χ2n) is 5.41. The Hall–Kier alpha value is -2.58. The van der Waals surface area contributed by atoms with E-state index >= 15 is 0 Å². The van der Waals surface area contributed by atoms with E-state index in [9.17, 15) is 0 Å². The van der Waals surface area contributed by atoms with Crippen LogP contribution in [0.15, 0.2) is 103 Å². The van der Waals surface area contributed by atoms with Crippen molar-refractivity contribution in [3.8, 4) is 0 Å². The van der Waals surface area contributed by atoms with Gasteiger partial charge < -0.3 is 9.47 Å².